The lowest BCUT2D eigenvalue weighted by molar-refractivity contribution is 0.152. The average Bonchev–Trinajstić information content (AvgIpc) is 2.94. The largest absolute Gasteiger partial charge is 0.497 e. The van der Waals surface area contributed by atoms with Crippen molar-refractivity contribution in [2.24, 2.45) is 10.9 Å². The molecular formula is C18H28N2O. The van der Waals surface area contributed by atoms with E-state index in [4.69, 9.17) is 9.73 Å². The highest BCUT2D eigenvalue weighted by Gasteiger charge is 2.30. The molecule has 0 bridgehead atoms. The maximum atomic E-state index is 5.42. The van der Waals surface area contributed by atoms with Crippen LogP contribution in [-0.2, 0) is 0 Å². The molecule has 0 saturated carbocycles. The molecule has 0 aliphatic carbocycles. The number of aliphatic imine (C=N–C) groups is 1. The van der Waals surface area contributed by atoms with E-state index in [2.05, 4.69) is 51.7 Å². The molecule has 1 aromatic carbocycles. The Hall–Kier alpha value is -1.35. The fraction of sp³-hybridized carbons (Fsp3) is 0.611. The van der Waals surface area contributed by atoms with Crippen molar-refractivity contribution < 1.29 is 4.74 Å². The van der Waals surface area contributed by atoms with Crippen LogP contribution in [0.25, 0.3) is 0 Å². The number of ether oxygens (including phenoxy) is 1. The summed E-state index contributed by atoms with van der Waals surface area (Å²) in [5.41, 5.74) is 2.64. The van der Waals surface area contributed by atoms with Gasteiger partial charge < -0.3 is 4.74 Å². The molecule has 0 saturated heterocycles. The minimum atomic E-state index is 0.120. The quantitative estimate of drug-likeness (QED) is 0.809. The summed E-state index contributed by atoms with van der Waals surface area (Å²) in [4.78, 5) is 7.23. The normalized spacial score (nSPS) is 20.5. The highest BCUT2D eigenvalue weighted by molar-refractivity contribution is 5.63. The number of methoxy groups -OCH3 is 1. The van der Waals surface area contributed by atoms with E-state index in [0.717, 1.165) is 12.3 Å². The second-order valence-electron chi connectivity index (χ2n) is 6.54. The summed E-state index contributed by atoms with van der Waals surface area (Å²) in [6.45, 7) is 12.2. The molecule has 1 heterocycles. The number of benzene rings is 1. The summed E-state index contributed by atoms with van der Waals surface area (Å²) >= 11 is 0. The molecule has 3 nitrogen and oxygen atoms in total. The van der Waals surface area contributed by atoms with Crippen molar-refractivity contribution in [1.29, 1.82) is 0 Å². The van der Waals surface area contributed by atoms with Gasteiger partial charge in [-0.05, 0) is 42.0 Å². The van der Waals surface area contributed by atoms with Gasteiger partial charge in [-0.1, -0.05) is 33.8 Å². The van der Waals surface area contributed by atoms with Crippen LogP contribution in [-0.4, -0.2) is 30.8 Å². The lowest BCUT2D eigenvalue weighted by Crippen LogP contribution is -2.37. The van der Waals surface area contributed by atoms with Crippen molar-refractivity contribution in [3.05, 3.63) is 29.3 Å². The molecular weight excluding hydrogens is 260 g/mol. The Morgan fingerprint density at radius 2 is 1.90 bits per heavy atom. The number of nitrogens with zero attached hydrogens (tertiary/aromatic N) is 2. The minimum Gasteiger partial charge on any atom is -0.497 e. The SMILES string of the molecule is COc1ccc(C(C)C)c(C2N=CCN2C(C)C(C)C)c1. The first-order chi connectivity index (χ1) is 9.95. The monoisotopic (exact) mass is 288 g/mol. The van der Waals surface area contributed by atoms with Gasteiger partial charge in [0.25, 0.3) is 0 Å². The minimum absolute atomic E-state index is 0.120. The Bertz CT molecular complexity index is 508. The van der Waals surface area contributed by atoms with Crippen LogP contribution < -0.4 is 4.74 Å². The third-order valence-corrected chi connectivity index (χ3v) is 4.54. The van der Waals surface area contributed by atoms with E-state index in [1.165, 1.54) is 11.1 Å². The van der Waals surface area contributed by atoms with Crippen LogP contribution in [0.5, 0.6) is 5.75 Å². The van der Waals surface area contributed by atoms with Crippen molar-refractivity contribution in [1.82, 2.24) is 4.90 Å². The van der Waals surface area contributed by atoms with E-state index in [1.807, 2.05) is 12.3 Å². The second kappa shape index (κ2) is 6.61. The van der Waals surface area contributed by atoms with Gasteiger partial charge in [0.05, 0.1) is 7.11 Å². The zero-order chi connectivity index (χ0) is 15.6. The highest BCUT2D eigenvalue weighted by Crippen LogP contribution is 2.36. The van der Waals surface area contributed by atoms with Gasteiger partial charge in [0.1, 0.15) is 11.9 Å². The van der Waals surface area contributed by atoms with E-state index >= 15 is 0 Å². The molecule has 0 spiro atoms. The molecule has 0 amide bonds. The smallest absolute Gasteiger partial charge is 0.128 e. The summed E-state index contributed by atoms with van der Waals surface area (Å²) < 4.78 is 5.42. The van der Waals surface area contributed by atoms with Crippen LogP contribution in [0.2, 0.25) is 0 Å². The van der Waals surface area contributed by atoms with Gasteiger partial charge in [-0.25, -0.2) is 0 Å². The van der Waals surface area contributed by atoms with Crippen LogP contribution in [0.3, 0.4) is 0 Å². The van der Waals surface area contributed by atoms with Crippen molar-refractivity contribution in [2.75, 3.05) is 13.7 Å². The third kappa shape index (κ3) is 3.29. The maximum absolute atomic E-state index is 5.42. The standard InChI is InChI=1S/C18H28N2O/c1-12(2)14(5)20-10-9-19-18(20)17-11-15(21-6)7-8-16(17)13(3)4/h7-9,11-14,18H,10H2,1-6H3. The van der Waals surface area contributed by atoms with E-state index in [9.17, 15) is 0 Å². The van der Waals surface area contributed by atoms with E-state index < -0.39 is 0 Å². The Labute approximate surface area is 129 Å². The molecule has 0 radical (unpaired) electrons. The maximum Gasteiger partial charge on any atom is 0.128 e. The summed E-state index contributed by atoms with van der Waals surface area (Å²) in [6, 6.07) is 6.89. The van der Waals surface area contributed by atoms with Crippen molar-refractivity contribution >= 4 is 6.21 Å². The molecule has 0 fully saturated rings. The fourth-order valence-electron chi connectivity index (χ4n) is 2.89. The predicted molar refractivity (Wildman–Crippen MR) is 89.3 cm³/mol. The lowest BCUT2D eigenvalue weighted by atomic mass is 9.94. The van der Waals surface area contributed by atoms with Crippen molar-refractivity contribution in [3.8, 4) is 5.75 Å². The van der Waals surface area contributed by atoms with Crippen LogP contribution >= 0.6 is 0 Å². The van der Waals surface area contributed by atoms with Gasteiger partial charge in [-0.15, -0.1) is 0 Å². The summed E-state index contributed by atoms with van der Waals surface area (Å²) in [6.07, 6.45) is 2.17. The molecule has 3 heteroatoms. The molecule has 0 N–H and O–H groups in total. The Morgan fingerprint density at radius 3 is 2.48 bits per heavy atom. The molecule has 2 rings (SSSR count). The summed E-state index contributed by atoms with van der Waals surface area (Å²) in [7, 11) is 1.72. The van der Waals surface area contributed by atoms with Gasteiger partial charge in [-0.2, -0.15) is 0 Å². The Morgan fingerprint density at radius 1 is 1.19 bits per heavy atom. The number of rotatable bonds is 5. The number of hydrogen-bond acceptors (Lipinski definition) is 3. The molecule has 2 atom stereocenters. The number of hydrogen-bond donors (Lipinski definition) is 0. The molecule has 21 heavy (non-hydrogen) atoms. The molecule has 1 aliphatic heterocycles. The lowest BCUT2D eigenvalue weighted by Gasteiger charge is -2.33. The van der Waals surface area contributed by atoms with Gasteiger partial charge >= 0.3 is 0 Å². The van der Waals surface area contributed by atoms with Gasteiger partial charge in [0, 0.05) is 18.8 Å². The topological polar surface area (TPSA) is 24.8 Å². The molecule has 1 aliphatic rings. The van der Waals surface area contributed by atoms with Gasteiger partial charge in [0.15, 0.2) is 0 Å². The third-order valence-electron chi connectivity index (χ3n) is 4.54. The van der Waals surface area contributed by atoms with Crippen molar-refractivity contribution in [2.45, 2.75) is 52.7 Å². The Kier molecular flexibility index (Phi) is 5.04. The summed E-state index contributed by atoms with van der Waals surface area (Å²) in [5, 5.41) is 0. The first kappa shape index (κ1) is 16.0. The van der Waals surface area contributed by atoms with E-state index in [1.54, 1.807) is 7.11 Å². The Balaban J connectivity index is 2.41. The molecule has 2 unspecified atom stereocenters. The zero-order valence-corrected chi connectivity index (χ0v) is 14.1. The van der Waals surface area contributed by atoms with Crippen LogP contribution in [0.4, 0.5) is 0 Å². The predicted octanol–water partition coefficient (Wildman–Crippen LogP) is 4.25. The first-order valence-corrected chi connectivity index (χ1v) is 7.91. The summed E-state index contributed by atoms with van der Waals surface area (Å²) in [5.74, 6) is 2.01. The van der Waals surface area contributed by atoms with Crippen LogP contribution in [0.15, 0.2) is 23.2 Å². The zero-order valence-electron chi connectivity index (χ0n) is 14.1. The van der Waals surface area contributed by atoms with Crippen LogP contribution in [0, 0.1) is 5.92 Å². The first-order valence-electron chi connectivity index (χ1n) is 7.91. The average molecular weight is 288 g/mol. The molecule has 116 valence electrons. The van der Waals surface area contributed by atoms with Crippen molar-refractivity contribution in [3.63, 3.8) is 0 Å². The highest BCUT2D eigenvalue weighted by atomic mass is 16.5. The molecule has 0 aromatic heterocycles. The van der Waals surface area contributed by atoms with E-state index in [0.29, 0.717) is 17.9 Å². The fourth-order valence-corrected chi connectivity index (χ4v) is 2.89. The second-order valence-corrected chi connectivity index (χ2v) is 6.54. The van der Waals surface area contributed by atoms with Crippen LogP contribution in [0.1, 0.15) is 57.8 Å². The van der Waals surface area contributed by atoms with E-state index in [-0.39, 0.29) is 6.17 Å². The van der Waals surface area contributed by atoms with Gasteiger partial charge in [0.2, 0.25) is 0 Å². The van der Waals surface area contributed by atoms with Gasteiger partial charge in [-0.3, -0.25) is 9.89 Å². The molecule has 1 aromatic rings.